The van der Waals surface area contributed by atoms with Crippen LogP contribution in [0.15, 0.2) is 0 Å². The summed E-state index contributed by atoms with van der Waals surface area (Å²) in [5, 5.41) is 9.56. The van der Waals surface area contributed by atoms with Crippen molar-refractivity contribution in [2.75, 3.05) is 6.61 Å². The summed E-state index contributed by atoms with van der Waals surface area (Å²) in [6.07, 6.45) is 7.65. The molecule has 0 amide bonds. The van der Waals surface area contributed by atoms with Crippen LogP contribution in [0.1, 0.15) is 44.9 Å². The normalized spacial score (nSPS) is 38.9. The van der Waals surface area contributed by atoms with Crippen LogP contribution in [0.4, 0.5) is 0 Å². The quantitative estimate of drug-likeness (QED) is 0.780. The van der Waals surface area contributed by atoms with Crippen LogP contribution in [0.3, 0.4) is 0 Å². The molecule has 90 valence electrons. The van der Waals surface area contributed by atoms with Crippen molar-refractivity contribution in [2.24, 2.45) is 17.3 Å². The molecule has 3 heteroatoms. The van der Waals surface area contributed by atoms with Gasteiger partial charge in [-0.2, -0.15) is 0 Å². The average molecular weight is 224 g/mol. The van der Waals surface area contributed by atoms with E-state index in [4.69, 9.17) is 4.74 Å². The predicted molar refractivity (Wildman–Crippen MR) is 59.1 cm³/mol. The Morgan fingerprint density at radius 1 is 1.31 bits per heavy atom. The number of rotatable bonds is 5. The topological polar surface area (TPSA) is 46.5 Å². The van der Waals surface area contributed by atoms with Crippen molar-refractivity contribution in [3.63, 3.8) is 0 Å². The molecule has 2 aliphatic carbocycles. The minimum Gasteiger partial charge on any atom is -0.481 e. The lowest BCUT2D eigenvalue weighted by molar-refractivity contribution is -0.154. The van der Waals surface area contributed by atoms with E-state index < -0.39 is 11.4 Å². The maximum Gasteiger partial charge on any atom is 0.312 e. The number of ether oxygens (including phenoxy) is 1. The smallest absolute Gasteiger partial charge is 0.312 e. The van der Waals surface area contributed by atoms with E-state index in [1.54, 1.807) is 0 Å². The Bertz CT molecular complexity index is 294. The van der Waals surface area contributed by atoms with E-state index in [2.05, 4.69) is 0 Å². The van der Waals surface area contributed by atoms with E-state index in [-0.39, 0.29) is 6.10 Å². The fourth-order valence-electron chi connectivity index (χ4n) is 3.13. The number of carbonyl (C=O) groups is 1. The summed E-state index contributed by atoms with van der Waals surface area (Å²) < 4.78 is 5.73. The molecule has 1 saturated heterocycles. The molecule has 2 unspecified atom stereocenters. The largest absolute Gasteiger partial charge is 0.481 e. The number of carboxylic acids is 1. The predicted octanol–water partition coefficient (Wildman–Crippen LogP) is 2.45. The fourth-order valence-corrected chi connectivity index (χ4v) is 3.13. The van der Waals surface area contributed by atoms with Crippen LogP contribution in [0.25, 0.3) is 0 Å². The minimum absolute atomic E-state index is 0.0174. The summed E-state index contributed by atoms with van der Waals surface area (Å²) in [6.45, 7) is 0.651. The number of hydrogen-bond acceptors (Lipinski definition) is 2. The van der Waals surface area contributed by atoms with E-state index in [0.717, 1.165) is 25.2 Å². The Morgan fingerprint density at radius 2 is 2.06 bits per heavy atom. The fraction of sp³-hybridized carbons (Fsp3) is 0.923. The molecule has 3 nitrogen and oxygen atoms in total. The third kappa shape index (κ3) is 1.75. The molecule has 0 bridgehead atoms. The molecule has 0 aromatic rings. The van der Waals surface area contributed by atoms with Crippen LogP contribution in [0.2, 0.25) is 0 Å². The zero-order chi connectivity index (χ0) is 11.2. The second-order valence-corrected chi connectivity index (χ2v) is 5.82. The average Bonchev–Trinajstić information content (AvgIpc) is 3.15. The van der Waals surface area contributed by atoms with Gasteiger partial charge in [-0.15, -0.1) is 0 Å². The molecule has 3 fully saturated rings. The van der Waals surface area contributed by atoms with Crippen molar-refractivity contribution in [1.82, 2.24) is 0 Å². The van der Waals surface area contributed by atoms with Gasteiger partial charge in [-0.1, -0.05) is 12.8 Å². The second-order valence-electron chi connectivity index (χ2n) is 5.82. The van der Waals surface area contributed by atoms with Gasteiger partial charge in [-0.05, 0) is 43.9 Å². The van der Waals surface area contributed by atoms with Gasteiger partial charge in [0.15, 0.2) is 0 Å². The van der Waals surface area contributed by atoms with Gasteiger partial charge < -0.3 is 9.84 Å². The van der Waals surface area contributed by atoms with Crippen LogP contribution in [0.5, 0.6) is 0 Å². The van der Waals surface area contributed by atoms with Gasteiger partial charge in [-0.25, -0.2) is 0 Å². The summed E-state index contributed by atoms with van der Waals surface area (Å²) >= 11 is 0. The van der Waals surface area contributed by atoms with Gasteiger partial charge >= 0.3 is 5.97 Å². The highest BCUT2D eigenvalue weighted by molar-refractivity contribution is 5.76. The lowest BCUT2D eigenvalue weighted by atomic mass is 9.74. The zero-order valence-corrected chi connectivity index (χ0v) is 9.65. The van der Waals surface area contributed by atoms with Gasteiger partial charge in [0.25, 0.3) is 0 Å². The molecule has 3 rings (SSSR count). The molecule has 1 N–H and O–H groups in total. The molecular formula is C13H20O3. The first-order valence-electron chi connectivity index (χ1n) is 6.57. The molecule has 1 aliphatic heterocycles. The molecule has 0 aromatic heterocycles. The van der Waals surface area contributed by atoms with Gasteiger partial charge in [0.1, 0.15) is 0 Å². The molecule has 0 radical (unpaired) electrons. The highest BCUT2D eigenvalue weighted by Crippen LogP contribution is 2.51. The highest BCUT2D eigenvalue weighted by Gasteiger charge is 2.55. The summed E-state index contributed by atoms with van der Waals surface area (Å²) in [5.41, 5.74) is -0.538. The van der Waals surface area contributed by atoms with Gasteiger partial charge in [0, 0.05) is 6.61 Å². The van der Waals surface area contributed by atoms with Gasteiger partial charge in [-0.3, -0.25) is 4.79 Å². The molecular weight excluding hydrogens is 204 g/mol. The number of carboxylic acid groups (broad SMARTS) is 1. The van der Waals surface area contributed by atoms with Gasteiger partial charge in [0.2, 0.25) is 0 Å². The summed E-state index contributed by atoms with van der Waals surface area (Å²) in [7, 11) is 0. The number of hydrogen-bond donors (Lipinski definition) is 1. The third-order valence-electron chi connectivity index (χ3n) is 4.56. The summed E-state index contributed by atoms with van der Waals surface area (Å²) in [4.78, 5) is 11.6. The zero-order valence-electron chi connectivity index (χ0n) is 9.65. The Balaban J connectivity index is 1.73. The van der Waals surface area contributed by atoms with Crippen LogP contribution < -0.4 is 0 Å². The molecule has 2 atom stereocenters. The minimum atomic E-state index is -0.609. The van der Waals surface area contributed by atoms with Crippen LogP contribution in [0, 0.1) is 17.3 Å². The lowest BCUT2D eigenvalue weighted by Crippen LogP contribution is -2.40. The van der Waals surface area contributed by atoms with Crippen molar-refractivity contribution in [2.45, 2.75) is 51.0 Å². The first kappa shape index (κ1) is 10.6. The van der Waals surface area contributed by atoms with E-state index in [1.165, 1.54) is 25.7 Å². The summed E-state index contributed by atoms with van der Waals surface area (Å²) in [5.74, 6) is 0.747. The third-order valence-corrected chi connectivity index (χ3v) is 4.56. The standard InChI is InChI=1S/C13H20O3/c14-12(15)13(6-5-9-1-2-9)7-8-16-11(13)10-3-4-10/h9-11H,1-8H2,(H,14,15). The molecule has 0 spiro atoms. The van der Waals surface area contributed by atoms with Crippen molar-refractivity contribution in [1.29, 1.82) is 0 Å². The van der Waals surface area contributed by atoms with Crippen molar-refractivity contribution < 1.29 is 14.6 Å². The molecule has 1 heterocycles. The SMILES string of the molecule is O=C(O)C1(CCC2CC2)CCOC1C1CC1. The van der Waals surface area contributed by atoms with Gasteiger partial charge in [0.05, 0.1) is 11.5 Å². The van der Waals surface area contributed by atoms with E-state index in [0.29, 0.717) is 12.5 Å². The maximum atomic E-state index is 11.6. The lowest BCUT2D eigenvalue weighted by Gasteiger charge is -2.30. The Morgan fingerprint density at radius 3 is 2.62 bits per heavy atom. The van der Waals surface area contributed by atoms with Crippen molar-refractivity contribution in [3.8, 4) is 0 Å². The second kappa shape index (κ2) is 3.73. The van der Waals surface area contributed by atoms with E-state index >= 15 is 0 Å². The highest BCUT2D eigenvalue weighted by atomic mass is 16.5. The monoisotopic (exact) mass is 224 g/mol. The molecule has 3 aliphatic rings. The molecule has 0 aromatic carbocycles. The Kier molecular flexibility index (Phi) is 2.46. The maximum absolute atomic E-state index is 11.6. The van der Waals surface area contributed by atoms with Crippen LogP contribution in [-0.2, 0) is 9.53 Å². The van der Waals surface area contributed by atoms with E-state index in [9.17, 15) is 9.90 Å². The Labute approximate surface area is 96.2 Å². The van der Waals surface area contributed by atoms with Crippen LogP contribution in [-0.4, -0.2) is 23.8 Å². The van der Waals surface area contributed by atoms with Crippen molar-refractivity contribution >= 4 is 5.97 Å². The van der Waals surface area contributed by atoms with Crippen LogP contribution >= 0.6 is 0 Å². The Hall–Kier alpha value is -0.570. The van der Waals surface area contributed by atoms with E-state index in [1.807, 2.05) is 0 Å². The molecule has 16 heavy (non-hydrogen) atoms. The summed E-state index contributed by atoms with van der Waals surface area (Å²) in [6, 6.07) is 0. The number of aliphatic carboxylic acids is 1. The first-order chi connectivity index (χ1) is 7.72. The molecule has 2 saturated carbocycles. The first-order valence-corrected chi connectivity index (χ1v) is 6.57. The van der Waals surface area contributed by atoms with Crippen molar-refractivity contribution in [3.05, 3.63) is 0 Å².